The monoisotopic (exact) mass is 339 g/mol. The number of benzene rings is 1. The molecular formula is C18H21N5O2. The molecule has 0 saturated carbocycles. The summed E-state index contributed by atoms with van der Waals surface area (Å²) in [5, 5.41) is 12.6. The van der Waals surface area contributed by atoms with Gasteiger partial charge >= 0.3 is 0 Å². The number of aryl methyl sites for hydroxylation is 1. The topological polar surface area (TPSA) is 64.8 Å². The smallest absolute Gasteiger partial charge is 0.177 e. The molecule has 1 fully saturated rings. The molecular weight excluding hydrogens is 318 g/mol. The van der Waals surface area contributed by atoms with E-state index in [2.05, 4.69) is 27.1 Å². The Morgan fingerprint density at radius 2 is 1.80 bits per heavy atom. The van der Waals surface area contributed by atoms with E-state index in [4.69, 9.17) is 9.47 Å². The van der Waals surface area contributed by atoms with Gasteiger partial charge in [-0.3, -0.25) is 0 Å². The lowest BCUT2D eigenvalue weighted by atomic mass is 10.1. The first-order valence-corrected chi connectivity index (χ1v) is 8.46. The summed E-state index contributed by atoms with van der Waals surface area (Å²) < 4.78 is 13.0. The van der Waals surface area contributed by atoms with Crippen LogP contribution in [0.5, 0.6) is 11.5 Å². The zero-order valence-electron chi connectivity index (χ0n) is 14.4. The maximum atomic E-state index is 6.10. The van der Waals surface area contributed by atoms with Crippen LogP contribution in [0.4, 0.5) is 5.82 Å². The third-order valence-electron chi connectivity index (χ3n) is 4.56. The number of ether oxygens (including phenoxy) is 2. The number of anilines is 1. The van der Waals surface area contributed by atoms with Crippen molar-refractivity contribution in [1.82, 2.24) is 19.8 Å². The highest BCUT2D eigenvalue weighted by atomic mass is 16.5. The normalized spacial score (nSPS) is 15.5. The first-order chi connectivity index (χ1) is 12.2. The number of piperidine rings is 1. The van der Waals surface area contributed by atoms with E-state index in [0.29, 0.717) is 0 Å². The van der Waals surface area contributed by atoms with Gasteiger partial charge in [0.05, 0.1) is 7.11 Å². The Balaban J connectivity index is 1.40. The average Bonchev–Trinajstić information content (AvgIpc) is 3.09. The minimum Gasteiger partial charge on any atom is -0.497 e. The fourth-order valence-electron chi connectivity index (χ4n) is 3.19. The number of fused-ring (bicyclic) bond motifs is 1. The molecule has 3 aromatic rings. The van der Waals surface area contributed by atoms with Gasteiger partial charge in [-0.15, -0.1) is 15.3 Å². The predicted octanol–water partition coefficient (Wildman–Crippen LogP) is 2.49. The quantitative estimate of drug-likeness (QED) is 0.728. The van der Waals surface area contributed by atoms with Crippen LogP contribution in [-0.4, -0.2) is 46.1 Å². The molecule has 25 heavy (non-hydrogen) atoms. The van der Waals surface area contributed by atoms with E-state index in [0.717, 1.165) is 54.5 Å². The molecule has 1 aliphatic heterocycles. The number of nitrogens with zero attached hydrogens (tertiary/aromatic N) is 5. The fourth-order valence-corrected chi connectivity index (χ4v) is 3.19. The van der Waals surface area contributed by atoms with E-state index in [9.17, 15) is 0 Å². The van der Waals surface area contributed by atoms with Crippen molar-refractivity contribution < 1.29 is 9.47 Å². The molecule has 0 atom stereocenters. The predicted molar refractivity (Wildman–Crippen MR) is 94.4 cm³/mol. The SMILES string of the molecule is COc1ccc(OC2CCN(c3nn4cnnc4cc3C)CC2)cc1. The molecule has 0 spiro atoms. The lowest BCUT2D eigenvalue weighted by Crippen LogP contribution is -2.39. The minimum atomic E-state index is 0.226. The molecule has 0 radical (unpaired) electrons. The third kappa shape index (κ3) is 3.22. The molecule has 0 aliphatic carbocycles. The molecule has 0 amide bonds. The second-order valence-electron chi connectivity index (χ2n) is 6.26. The lowest BCUT2D eigenvalue weighted by Gasteiger charge is -2.33. The highest BCUT2D eigenvalue weighted by Gasteiger charge is 2.23. The largest absolute Gasteiger partial charge is 0.497 e. The molecule has 1 saturated heterocycles. The van der Waals surface area contributed by atoms with E-state index in [-0.39, 0.29) is 6.10 Å². The molecule has 7 heteroatoms. The van der Waals surface area contributed by atoms with Gasteiger partial charge in [-0.05, 0) is 42.8 Å². The standard InChI is InChI=1S/C18H21N5O2/c1-13-11-17-20-19-12-23(17)21-18(13)22-9-7-16(8-10-22)25-15-5-3-14(24-2)4-6-15/h3-6,11-12,16H,7-10H2,1-2H3. The summed E-state index contributed by atoms with van der Waals surface area (Å²) in [6, 6.07) is 9.78. The first kappa shape index (κ1) is 15.7. The Labute approximate surface area is 146 Å². The molecule has 2 aromatic heterocycles. The summed E-state index contributed by atoms with van der Waals surface area (Å²) >= 11 is 0. The van der Waals surface area contributed by atoms with Gasteiger partial charge in [-0.25, -0.2) is 0 Å². The Bertz CT molecular complexity index is 854. The Kier molecular flexibility index (Phi) is 4.13. The number of rotatable bonds is 4. The molecule has 0 unspecified atom stereocenters. The fraction of sp³-hybridized carbons (Fsp3) is 0.389. The van der Waals surface area contributed by atoms with Gasteiger partial charge in [0.1, 0.15) is 23.9 Å². The van der Waals surface area contributed by atoms with Crippen LogP contribution in [0, 0.1) is 6.92 Å². The Morgan fingerprint density at radius 3 is 2.52 bits per heavy atom. The summed E-state index contributed by atoms with van der Waals surface area (Å²) in [7, 11) is 1.67. The van der Waals surface area contributed by atoms with Crippen LogP contribution in [0.25, 0.3) is 5.65 Å². The Morgan fingerprint density at radius 1 is 1.08 bits per heavy atom. The summed E-state index contributed by atoms with van der Waals surface area (Å²) in [5.74, 6) is 2.72. The number of methoxy groups -OCH3 is 1. The molecule has 3 heterocycles. The van der Waals surface area contributed by atoms with E-state index in [1.54, 1.807) is 18.0 Å². The molecule has 0 N–H and O–H groups in total. The summed E-state index contributed by atoms with van der Waals surface area (Å²) in [4.78, 5) is 2.31. The second-order valence-corrected chi connectivity index (χ2v) is 6.26. The number of hydrogen-bond donors (Lipinski definition) is 0. The molecule has 4 rings (SSSR count). The van der Waals surface area contributed by atoms with Crippen LogP contribution < -0.4 is 14.4 Å². The van der Waals surface area contributed by atoms with Gasteiger partial charge in [0.2, 0.25) is 0 Å². The van der Waals surface area contributed by atoms with Gasteiger partial charge in [0, 0.05) is 25.9 Å². The van der Waals surface area contributed by atoms with E-state index < -0.39 is 0 Å². The van der Waals surface area contributed by atoms with E-state index >= 15 is 0 Å². The Hall–Kier alpha value is -2.83. The van der Waals surface area contributed by atoms with Gasteiger partial charge in [-0.2, -0.15) is 4.52 Å². The van der Waals surface area contributed by atoms with Crippen molar-refractivity contribution in [3.05, 3.63) is 42.2 Å². The van der Waals surface area contributed by atoms with Crippen molar-refractivity contribution in [1.29, 1.82) is 0 Å². The van der Waals surface area contributed by atoms with Gasteiger partial charge < -0.3 is 14.4 Å². The van der Waals surface area contributed by atoms with Crippen LogP contribution in [0.3, 0.4) is 0 Å². The average molecular weight is 339 g/mol. The highest BCUT2D eigenvalue weighted by Crippen LogP contribution is 2.25. The van der Waals surface area contributed by atoms with Crippen molar-refractivity contribution in [3.8, 4) is 11.5 Å². The second kappa shape index (κ2) is 6.58. The van der Waals surface area contributed by atoms with Crippen molar-refractivity contribution in [2.24, 2.45) is 0 Å². The first-order valence-electron chi connectivity index (χ1n) is 8.46. The minimum absolute atomic E-state index is 0.226. The highest BCUT2D eigenvalue weighted by molar-refractivity contribution is 5.52. The molecule has 130 valence electrons. The van der Waals surface area contributed by atoms with Crippen LogP contribution in [-0.2, 0) is 0 Å². The van der Waals surface area contributed by atoms with Crippen molar-refractivity contribution in [3.63, 3.8) is 0 Å². The molecule has 1 aromatic carbocycles. The van der Waals surface area contributed by atoms with Crippen molar-refractivity contribution in [2.45, 2.75) is 25.9 Å². The van der Waals surface area contributed by atoms with Crippen molar-refractivity contribution >= 4 is 11.5 Å². The number of hydrogen-bond acceptors (Lipinski definition) is 6. The summed E-state index contributed by atoms with van der Waals surface area (Å²) in [6.45, 7) is 3.90. The molecule has 0 bridgehead atoms. The van der Waals surface area contributed by atoms with Gasteiger partial charge in [-0.1, -0.05) is 0 Å². The zero-order valence-corrected chi connectivity index (χ0v) is 14.4. The van der Waals surface area contributed by atoms with Crippen LogP contribution >= 0.6 is 0 Å². The van der Waals surface area contributed by atoms with Crippen LogP contribution in [0.1, 0.15) is 18.4 Å². The van der Waals surface area contributed by atoms with Crippen molar-refractivity contribution in [2.75, 3.05) is 25.1 Å². The molecule has 7 nitrogen and oxygen atoms in total. The van der Waals surface area contributed by atoms with E-state index in [1.807, 2.05) is 30.3 Å². The van der Waals surface area contributed by atoms with E-state index in [1.165, 1.54) is 0 Å². The maximum absolute atomic E-state index is 6.10. The zero-order chi connectivity index (χ0) is 17.2. The third-order valence-corrected chi connectivity index (χ3v) is 4.56. The van der Waals surface area contributed by atoms with Gasteiger partial charge in [0.25, 0.3) is 0 Å². The van der Waals surface area contributed by atoms with Gasteiger partial charge in [0.15, 0.2) is 11.5 Å². The lowest BCUT2D eigenvalue weighted by molar-refractivity contribution is 0.170. The maximum Gasteiger partial charge on any atom is 0.177 e. The summed E-state index contributed by atoms with van der Waals surface area (Å²) in [5.41, 5.74) is 1.90. The molecule has 1 aliphatic rings. The summed E-state index contributed by atoms with van der Waals surface area (Å²) in [6.07, 6.45) is 3.79. The number of aromatic nitrogens is 4. The van der Waals surface area contributed by atoms with Crippen LogP contribution in [0.2, 0.25) is 0 Å². The van der Waals surface area contributed by atoms with Crippen LogP contribution in [0.15, 0.2) is 36.7 Å².